The Hall–Kier alpha value is -0.730. The first kappa shape index (κ1) is 14.3. The van der Waals surface area contributed by atoms with E-state index in [2.05, 4.69) is 11.2 Å². The third kappa shape index (κ3) is 5.94. The summed E-state index contributed by atoms with van der Waals surface area (Å²) in [5.74, 6) is 2.58. The molecule has 2 nitrogen and oxygen atoms in total. The number of hydrogen-bond acceptors (Lipinski definition) is 2. The molecule has 1 N–H and O–H groups in total. The highest BCUT2D eigenvalue weighted by atomic mass is 19.4. The lowest BCUT2D eigenvalue weighted by Gasteiger charge is -2.34. The van der Waals surface area contributed by atoms with Crippen molar-refractivity contribution in [2.24, 2.45) is 0 Å². The van der Waals surface area contributed by atoms with Crippen molar-refractivity contribution in [1.29, 1.82) is 0 Å². The number of alkyl halides is 3. The summed E-state index contributed by atoms with van der Waals surface area (Å²) in [6.45, 7) is 2.21. The van der Waals surface area contributed by atoms with Crippen LogP contribution in [0.15, 0.2) is 0 Å². The Morgan fingerprint density at radius 2 is 2.00 bits per heavy atom. The molecule has 0 aromatic rings. The fourth-order valence-corrected chi connectivity index (χ4v) is 2.15. The Kier molecular flexibility index (Phi) is 5.29. The molecule has 1 saturated heterocycles. The van der Waals surface area contributed by atoms with Gasteiger partial charge in [-0.15, -0.1) is 12.3 Å². The van der Waals surface area contributed by atoms with E-state index in [4.69, 9.17) is 6.42 Å². The van der Waals surface area contributed by atoms with Gasteiger partial charge in [-0.1, -0.05) is 0 Å². The number of likely N-dealkylation sites (tertiary alicyclic amines) is 1. The molecular weight excluding hydrogens is 229 g/mol. The molecule has 98 valence electrons. The van der Waals surface area contributed by atoms with Crippen molar-refractivity contribution in [3.8, 4) is 12.3 Å². The predicted molar refractivity (Wildman–Crippen MR) is 61.6 cm³/mol. The lowest BCUT2D eigenvalue weighted by molar-refractivity contribution is -0.148. The lowest BCUT2D eigenvalue weighted by atomic mass is 10.0. The van der Waals surface area contributed by atoms with Crippen LogP contribution >= 0.6 is 0 Å². The van der Waals surface area contributed by atoms with E-state index in [1.54, 1.807) is 0 Å². The van der Waals surface area contributed by atoms with Gasteiger partial charge in [0.05, 0.1) is 6.54 Å². The number of nitrogens with zero attached hydrogens (tertiary/aromatic N) is 1. The van der Waals surface area contributed by atoms with Crippen molar-refractivity contribution in [2.75, 3.05) is 19.6 Å². The zero-order chi connectivity index (χ0) is 12.9. The topological polar surface area (TPSA) is 15.3 Å². The van der Waals surface area contributed by atoms with Gasteiger partial charge in [0.2, 0.25) is 0 Å². The minimum atomic E-state index is -4.09. The molecule has 0 aromatic carbocycles. The van der Waals surface area contributed by atoms with Gasteiger partial charge in [-0.25, -0.2) is 0 Å². The first-order valence-corrected chi connectivity index (χ1v) is 5.89. The average molecular weight is 248 g/mol. The van der Waals surface area contributed by atoms with Gasteiger partial charge in [-0.3, -0.25) is 4.90 Å². The highest BCUT2D eigenvalue weighted by molar-refractivity contribution is 4.90. The second-order valence-electron chi connectivity index (χ2n) is 4.64. The fourth-order valence-electron chi connectivity index (χ4n) is 2.15. The Labute approximate surface area is 101 Å². The van der Waals surface area contributed by atoms with Gasteiger partial charge in [0.1, 0.15) is 0 Å². The smallest absolute Gasteiger partial charge is 0.310 e. The van der Waals surface area contributed by atoms with E-state index in [0.717, 1.165) is 12.8 Å². The summed E-state index contributed by atoms with van der Waals surface area (Å²) in [5.41, 5.74) is 0. The number of terminal acetylenes is 1. The van der Waals surface area contributed by atoms with E-state index in [1.807, 2.05) is 6.92 Å². The van der Waals surface area contributed by atoms with Gasteiger partial charge in [0.15, 0.2) is 0 Å². The highest BCUT2D eigenvalue weighted by Crippen LogP contribution is 2.19. The molecule has 0 aromatic heterocycles. The summed E-state index contributed by atoms with van der Waals surface area (Å²) in [6, 6.07) is 0.530. The quantitative estimate of drug-likeness (QED) is 0.766. The maximum absolute atomic E-state index is 12.2. The maximum Gasteiger partial charge on any atom is 0.401 e. The number of halogens is 3. The van der Waals surface area contributed by atoms with Gasteiger partial charge >= 0.3 is 6.18 Å². The van der Waals surface area contributed by atoms with Crippen molar-refractivity contribution in [2.45, 2.75) is 44.4 Å². The van der Waals surface area contributed by atoms with Gasteiger partial charge in [-0.2, -0.15) is 13.2 Å². The van der Waals surface area contributed by atoms with Crippen LogP contribution in [0.25, 0.3) is 0 Å². The Morgan fingerprint density at radius 1 is 1.41 bits per heavy atom. The van der Waals surface area contributed by atoms with E-state index in [9.17, 15) is 13.2 Å². The molecule has 0 saturated carbocycles. The molecule has 1 atom stereocenters. The van der Waals surface area contributed by atoms with Crippen LogP contribution in [0.2, 0.25) is 0 Å². The maximum atomic E-state index is 12.2. The van der Waals surface area contributed by atoms with Crippen LogP contribution in [0, 0.1) is 12.3 Å². The monoisotopic (exact) mass is 248 g/mol. The first-order valence-electron chi connectivity index (χ1n) is 5.89. The molecule has 0 spiro atoms. The van der Waals surface area contributed by atoms with Crippen LogP contribution in [0.3, 0.4) is 0 Å². The standard InChI is InChI=1S/C12H19F3N2/c1-3-4-10(2)16-11-5-7-17(8-6-11)9-12(13,14)15/h1,10-11,16H,4-9H2,2H3. The SMILES string of the molecule is C#CCC(C)NC1CCN(CC(F)(F)F)CC1. The molecule has 0 bridgehead atoms. The van der Waals surface area contributed by atoms with Gasteiger partial charge in [0, 0.05) is 18.5 Å². The summed E-state index contributed by atoms with van der Waals surface area (Å²) in [4.78, 5) is 1.46. The van der Waals surface area contributed by atoms with E-state index < -0.39 is 12.7 Å². The molecule has 1 rings (SSSR count). The van der Waals surface area contributed by atoms with Crippen molar-refractivity contribution >= 4 is 0 Å². The zero-order valence-electron chi connectivity index (χ0n) is 10.1. The van der Waals surface area contributed by atoms with E-state index in [-0.39, 0.29) is 6.04 Å². The minimum Gasteiger partial charge on any atom is -0.310 e. The molecule has 0 radical (unpaired) electrons. The highest BCUT2D eigenvalue weighted by Gasteiger charge is 2.32. The van der Waals surface area contributed by atoms with E-state index in [0.29, 0.717) is 25.6 Å². The summed E-state index contributed by atoms with van der Waals surface area (Å²) in [5, 5.41) is 3.35. The Morgan fingerprint density at radius 3 is 2.47 bits per heavy atom. The molecule has 0 aliphatic carbocycles. The molecule has 1 heterocycles. The second kappa shape index (κ2) is 6.27. The third-order valence-electron chi connectivity index (χ3n) is 2.93. The third-order valence-corrected chi connectivity index (χ3v) is 2.93. The Bertz CT molecular complexity index is 262. The van der Waals surface area contributed by atoms with Gasteiger partial charge in [-0.05, 0) is 32.9 Å². The van der Waals surface area contributed by atoms with Crippen molar-refractivity contribution in [3.05, 3.63) is 0 Å². The zero-order valence-corrected chi connectivity index (χ0v) is 10.1. The van der Waals surface area contributed by atoms with Crippen LogP contribution in [0.5, 0.6) is 0 Å². The molecular formula is C12H19F3N2. The van der Waals surface area contributed by atoms with Crippen LogP contribution < -0.4 is 5.32 Å². The van der Waals surface area contributed by atoms with Crippen molar-refractivity contribution < 1.29 is 13.2 Å². The molecule has 0 amide bonds. The Balaban J connectivity index is 2.24. The molecule has 1 aliphatic rings. The molecule has 1 unspecified atom stereocenters. The number of piperidine rings is 1. The summed E-state index contributed by atoms with van der Waals surface area (Å²) in [7, 11) is 0. The molecule has 1 aliphatic heterocycles. The number of nitrogens with one attached hydrogen (secondary N) is 1. The number of hydrogen-bond donors (Lipinski definition) is 1. The van der Waals surface area contributed by atoms with Crippen molar-refractivity contribution in [1.82, 2.24) is 10.2 Å². The van der Waals surface area contributed by atoms with Crippen LogP contribution in [-0.2, 0) is 0 Å². The van der Waals surface area contributed by atoms with E-state index >= 15 is 0 Å². The van der Waals surface area contributed by atoms with Crippen LogP contribution in [-0.4, -0.2) is 42.8 Å². The largest absolute Gasteiger partial charge is 0.401 e. The normalized spacial score (nSPS) is 21.1. The fraction of sp³-hybridized carbons (Fsp3) is 0.833. The second-order valence-corrected chi connectivity index (χ2v) is 4.64. The van der Waals surface area contributed by atoms with E-state index in [1.165, 1.54) is 4.90 Å². The summed E-state index contributed by atoms with van der Waals surface area (Å²) >= 11 is 0. The number of rotatable bonds is 4. The summed E-state index contributed by atoms with van der Waals surface area (Å²) < 4.78 is 36.5. The predicted octanol–water partition coefficient (Wildman–Crippen LogP) is 2.01. The minimum absolute atomic E-state index is 0.235. The van der Waals surface area contributed by atoms with Crippen LogP contribution in [0.4, 0.5) is 13.2 Å². The molecule has 1 fully saturated rings. The van der Waals surface area contributed by atoms with Crippen LogP contribution in [0.1, 0.15) is 26.2 Å². The molecule has 17 heavy (non-hydrogen) atoms. The average Bonchev–Trinajstić information content (AvgIpc) is 2.19. The molecule has 5 heteroatoms. The van der Waals surface area contributed by atoms with Crippen molar-refractivity contribution in [3.63, 3.8) is 0 Å². The van der Waals surface area contributed by atoms with Gasteiger partial charge in [0.25, 0.3) is 0 Å². The first-order chi connectivity index (χ1) is 7.90. The lowest BCUT2D eigenvalue weighted by Crippen LogP contribution is -2.47. The van der Waals surface area contributed by atoms with Gasteiger partial charge < -0.3 is 5.32 Å². The summed E-state index contributed by atoms with van der Waals surface area (Å²) in [6.07, 6.45) is 3.28.